The van der Waals surface area contributed by atoms with Gasteiger partial charge < -0.3 is 5.32 Å². The summed E-state index contributed by atoms with van der Waals surface area (Å²) >= 11 is 0. The minimum atomic E-state index is -4.26. The Bertz CT molecular complexity index is 351. The summed E-state index contributed by atoms with van der Waals surface area (Å²) in [6.45, 7) is 3.95. The van der Waals surface area contributed by atoms with E-state index in [4.69, 9.17) is 0 Å². The topological polar surface area (TPSA) is 37.8 Å². The maximum absolute atomic E-state index is 12.2. The minimum absolute atomic E-state index is 0.164. The van der Waals surface area contributed by atoms with Gasteiger partial charge in [0, 0.05) is 23.5 Å². The fourth-order valence-electron chi connectivity index (χ4n) is 1.50. The lowest BCUT2D eigenvalue weighted by atomic mass is 10.1. The first kappa shape index (κ1) is 12.9. The van der Waals surface area contributed by atoms with Gasteiger partial charge in [0.15, 0.2) is 0 Å². The zero-order valence-corrected chi connectivity index (χ0v) is 9.44. The number of nitrogens with one attached hydrogen (secondary N) is 1. The van der Waals surface area contributed by atoms with Gasteiger partial charge in [-0.15, -0.1) is 0 Å². The summed E-state index contributed by atoms with van der Waals surface area (Å²) in [5.74, 6) is -0.164. The van der Waals surface area contributed by atoms with Crippen LogP contribution in [0.3, 0.4) is 0 Å². The summed E-state index contributed by atoms with van der Waals surface area (Å²) in [6, 6.07) is 0. The highest BCUT2D eigenvalue weighted by atomic mass is 19.4. The number of aryl methyl sites for hydroxylation is 2. The first-order chi connectivity index (χ1) is 7.33. The molecule has 0 aliphatic carbocycles. The second-order valence-corrected chi connectivity index (χ2v) is 3.61. The predicted octanol–water partition coefficient (Wildman–Crippen LogP) is 1.92. The maximum Gasteiger partial charge on any atom is 0.396 e. The fraction of sp³-hybridized carbons (Fsp3) is 0.600. The molecule has 0 saturated carbocycles. The van der Waals surface area contributed by atoms with Crippen LogP contribution in [0.5, 0.6) is 0 Å². The van der Waals surface area contributed by atoms with Crippen LogP contribution >= 0.6 is 0 Å². The molecule has 0 saturated heterocycles. The quantitative estimate of drug-likeness (QED) is 0.866. The number of alkyl halides is 3. The smallest absolute Gasteiger partial charge is 0.316 e. The third kappa shape index (κ3) is 3.44. The Morgan fingerprint density at radius 1 is 1.12 bits per heavy atom. The number of halogens is 3. The van der Waals surface area contributed by atoms with Crippen molar-refractivity contribution < 1.29 is 13.2 Å². The van der Waals surface area contributed by atoms with Crippen LogP contribution < -0.4 is 5.32 Å². The number of rotatable bonds is 3. The van der Waals surface area contributed by atoms with Gasteiger partial charge in [0.1, 0.15) is 12.2 Å². The third-order valence-electron chi connectivity index (χ3n) is 2.18. The van der Waals surface area contributed by atoms with Gasteiger partial charge >= 0.3 is 6.18 Å². The Kier molecular flexibility index (Phi) is 3.85. The molecule has 16 heavy (non-hydrogen) atoms. The first-order valence-corrected chi connectivity index (χ1v) is 4.88. The van der Waals surface area contributed by atoms with Crippen molar-refractivity contribution in [3.05, 3.63) is 22.8 Å². The van der Waals surface area contributed by atoms with Gasteiger partial charge in [0.25, 0.3) is 0 Å². The minimum Gasteiger partial charge on any atom is -0.316 e. The predicted molar refractivity (Wildman–Crippen MR) is 54.0 cm³/mol. The summed E-state index contributed by atoms with van der Waals surface area (Å²) in [6.07, 6.45) is -5.34. The number of nitrogens with zero attached hydrogens (tertiary/aromatic N) is 2. The van der Waals surface area contributed by atoms with E-state index in [0.717, 1.165) is 5.56 Å². The van der Waals surface area contributed by atoms with Crippen LogP contribution in [0.2, 0.25) is 0 Å². The van der Waals surface area contributed by atoms with Crippen LogP contribution in [0.15, 0.2) is 0 Å². The lowest BCUT2D eigenvalue weighted by Crippen LogP contribution is -2.17. The number of hydrogen-bond acceptors (Lipinski definition) is 3. The first-order valence-electron chi connectivity index (χ1n) is 4.88. The van der Waals surface area contributed by atoms with Crippen molar-refractivity contribution in [2.75, 3.05) is 7.05 Å². The fourth-order valence-corrected chi connectivity index (χ4v) is 1.50. The largest absolute Gasteiger partial charge is 0.396 e. The molecule has 0 amide bonds. The van der Waals surface area contributed by atoms with E-state index in [-0.39, 0.29) is 5.82 Å². The molecule has 3 nitrogen and oxygen atoms in total. The van der Waals surface area contributed by atoms with E-state index in [0.29, 0.717) is 17.9 Å². The molecule has 1 heterocycles. The molecule has 0 aliphatic rings. The molecular weight excluding hydrogens is 219 g/mol. The van der Waals surface area contributed by atoms with Crippen molar-refractivity contribution in [1.82, 2.24) is 15.3 Å². The van der Waals surface area contributed by atoms with Crippen LogP contribution in [0, 0.1) is 13.8 Å². The van der Waals surface area contributed by atoms with E-state index in [1.165, 1.54) is 0 Å². The summed E-state index contributed by atoms with van der Waals surface area (Å²) < 4.78 is 36.5. The van der Waals surface area contributed by atoms with E-state index in [1.54, 1.807) is 20.9 Å². The molecule has 6 heteroatoms. The molecule has 0 radical (unpaired) electrons. The summed E-state index contributed by atoms with van der Waals surface area (Å²) in [5.41, 5.74) is 2.05. The summed E-state index contributed by atoms with van der Waals surface area (Å²) in [5, 5.41) is 2.93. The number of aromatic nitrogens is 2. The maximum atomic E-state index is 12.2. The highest BCUT2D eigenvalue weighted by Crippen LogP contribution is 2.20. The van der Waals surface area contributed by atoms with E-state index >= 15 is 0 Å². The Morgan fingerprint density at radius 2 is 1.62 bits per heavy atom. The molecule has 1 aromatic heterocycles. The second kappa shape index (κ2) is 4.78. The van der Waals surface area contributed by atoms with Crippen molar-refractivity contribution in [1.29, 1.82) is 0 Å². The van der Waals surface area contributed by atoms with Crippen LogP contribution in [0.4, 0.5) is 13.2 Å². The highest BCUT2D eigenvalue weighted by Gasteiger charge is 2.29. The Balaban J connectivity index is 3.00. The van der Waals surface area contributed by atoms with Crippen LogP contribution in [0.25, 0.3) is 0 Å². The lowest BCUT2D eigenvalue weighted by Gasteiger charge is -2.11. The molecule has 0 fully saturated rings. The van der Waals surface area contributed by atoms with Gasteiger partial charge in [-0.05, 0) is 20.9 Å². The monoisotopic (exact) mass is 233 g/mol. The molecule has 0 spiro atoms. The van der Waals surface area contributed by atoms with Crippen molar-refractivity contribution >= 4 is 0 Å². The van der Waals surface area contributed by atoms with Gasteiger partial charge in [0.2, 0.25) is 0 Å². The summed E-state index contributed by atoms with van der Waals surface area (Å²) in [7, 11) is 1.77. The molecule has 0 atom stereocenters. The average Bonchev–Trinajstić information content (AvgIpc) is 2.08. The lowest BCUT2D eigenvalue weighted by molar-refractivity contribution is -0.128. The molecular formula is C10H14F3N3. The normalized spacial score (nSPS) is 11.9. The molecule has 0 unspecified atom stereocenters. The zero-order valence-electron chi connectivity index (χ0n) is 9.44. The van der Waals surface area contributed by atoms with E-state index in [1.807, 2.05) is 0 Å². The summed E-state index contributed by atoms with van der Waals surface area (Å²) in [4.78, 5) is 7.73. The van der Waals surface area contributed by atoms with Gasteiger partial charge in [-0.25, -0.2) is 9.97 Å². The molecule has 0 aromatic carbocycles. The molecule has 90 valence electrons. The molecule has 1 aromatic rings. The SMILES string of the molecule is CNCc1c(C)nc(CC(F)(F)F)nc1C. The van der Waals surface area contributed by atoms with Gasteiger partial charge in [-0.3, -0.25) is 0 Å². The van der Waals surface area contributed by atoms with Crippen molar-refractivity contribution in [2.45, 2.75) is 33.0 Å². The Labute approximate surface area is 92.1 Å². The van der Waals surface area contributed by atoms with Crippen LogP contribution in [-0.2, 0) is 13.0 Å². The second-order valence-electron chi connectivity index (χ2n) is 3.61. The van der Waals surface area contributed by atoms with E-state index in [9.17, 15) is 13.2 Å². The highest BCUT2D eigenvalue weighted by molar-refractivity contribution is 5.24. The van der Waals surface area contributed by atoms with E-state index < -0.39 is 12.6 Å². The molecule has 1 rings (SSSR count). The third-order valence-corrected chi connectivity index (χ3v) is 2.18. The molecule has 0 bridgehead atoms. The standard InChI is InChI=1S/C10H14F3N3/c1-6-8(5-14-3)7(2)16-9(15-6)4-10(11,12)13/h14H,4-5H2,1-3H3. The Morgan fingerprint density at radius 3 is 2.00 bits per heavy atom. The van der Waals surface area contributed by atoms with Crippen molar-refractivity contribution in [3.63, 3.8) is 0 Å². The van der Waals surface area contributed by atoms with Crippen molar-refractivity contribution in [3.8, 4) is 0 Å². The van der Waals surface area contributed by atoms with Crippen LogP contribution in [-0.4, -0.2) is 23.2 Å². The van der Waals surface area contributed by atoms with Gasteiger partial charge in [-0.1, -0.05) is 0 Å². The zero-order chi connectivity index (χ0) is 12.3. The number of hydrogen-bond donors (Lipinski definition) is 1. The van der Waals surface area contributed by atoms with Crippen molar-refractivity contribution in [2.24, 2.45) is 0 Å². The van der Waals surface area contributed by atoms with Gasteiger partial charge in [-0.2, -0.15) is 13.2 Å². The molecule has 1 N–H and O–H groups in total. The molecule has 0 aliphatic heterocycles. The Hall–Kier alpha value is -1.17. The van der Waals surface area contributed by atoms with E-state index in [2.05, 4.69) is 15.3 Å². The average molecular weight is 233 g/mol. The van der Waals surface area contributed by atoms with Gasteiger partial charge in [0.05, 0.1) is 0 Å². The van der Waals surface area contributed by atoms with Crippen LogP contribution in [0.1, 0.15) is 22.8 Å².